The van der Waals surface area contributed by atoms with E-state index < -0.39 is 11.9 Å². The molecule has 3 N–H and O–H groups in total. The van der Waals surface area contributed by atoms with Crippen molar-refractivity contribution >= 4 is 50.3 Å². The van der Waals surface area contributed by atoms with Gasteiger partial charge >= 0.3 is 0 Å². The van der Waals surface area contributed by atoms with Crippen LogP contribution in [-0.4, -0.2) is 42.4 Å². The van der Waals surface area contributed by atoms with Crippen molar-refractivity contribution in [2.45, 2.75) is 6.04 Å². The van der Waals surface area contributed by atoms with Gasteiger partial charge in [-0.15, -0.1) is 0 Å². The number of halogens is 2. The van der Waals surface area contributed by atoms with Gasteiger partial charge in [0.1, 0.15) is 6.04 Å². The molecule has 1 aliphatic rings. The average Bonchev–Trinajstić information content (AvgIpc) is 2.40. The molecule has 2 rings (SSSR count). The number of piperazine rings is 1. The number of hydrogen-bond donors (Lipinski definition) is 2. The third-order valence-electron chi connectivity index (χ3n) is 2.99. The zero-order valence-corrected chi connectivity index (χ0v) is 13.8. The Morgan fingerprint density at radius 2 is 2.21 bits per heavy atom. The fourth-order valence-corrected chi connectivity index (χ4v) is 2.93. The summed E-state index contributed by atoms with van der Waals surface area (Å²) in [6.07, 6.45) is 0. The van der Waals surface area contributed by atoms with Crippen LogP contribution in [-0.2, 0) is 4.79 Å². The monoisotopic (exact) mass is 437 g/mol. The number of carbonyl (C=O) groups is 2. The third-order valence-corrected chi connectivity index (χ3v) is 4.35. The predicted octanol–water partition coefficient (Wildman–Crippen LogP) is 0.953. The van der Waals surface area contributed by atoms with E-state index >= 15 is 0 Å². The number of nitrogens with zero attached hydrogens (tertiary/aromatic N) is 1. The molecule has 0 aliphatic carbocycles. The quantitative estimate of drug-likeness (QED) is 0.676. The van der Waals surface area contributed by atoms with Crippen molar-refractivity contribution in [1.82, 2.24) is 10.2 Å². The van der Waals surface area contributed by atoms with Crippen LogP contribution >= 0.6 is 38.5 Å². The van der Waals surface area contributed by atoms with E-state index in [4.69, 9.17) is 5.73 Å². The number of carbonyl (C=O) groups excluding carboxylic acids is 2. The van der Waals surface area contributed by atoms with E-state index in [1.807, 2.05) is 12.1 Å². The molecule has 7 heteroatoms. The molecule has 1 aromatic carbocycles. The van der Waals surface area contributed by atoms with Gasteiger partial charge in [0, 0.05) is 27.7 Å². The molecule has 1 atom stereocenters. The fourth-order valence-electron chi connectivity index (χ4n) is 2.02. The lowest BCUT2D eigenvalue weighted by Gasteiger charge is -2.34. The van der Waals surface area contributed by atoms with Crippen LogP contribution in [0.25, 0.3) is 0 Å². The molecular formula is C12H13BrIN3O2. The Morgan fingerprint density at radius 3 is 2.89 bits per heavy atom. The third kappa shape index (κ3) is 3.26. The van der Waals surface area contributed by atoms with Gasteiger partial charge < -0.3 is 16.0 Å². The maximum Gasteiger partial charge on any atom is 0.255 e. The van der Waals surface area contributed by atoms with Crippen LogP contribution in [0, 0.1) is 3.57 Å². The van der Waals surface area contributed by atoms with Crippen LogP contribution in [0.4, 0.5) is 0 Å². The highest BCUT2D eigenvalue weighted by atomic mass is 127. The number of amides is 2. The Bertz CT molecular complexity index is 524. The molecule has 1 fully saturated rings. The Labute approximate surface area is 133 Å². The molecular weight excluding hydrogens is 425 g/mol. The smallest absolute Gasteiger partial charge is 0.255 e. The van der Waals surface area contributed by atoms with Gasteiger partial charge in [-0.25, -0.2) is 0 Å². The first-order chi connectivity index (χ1) is 9.00. The lowest BCUT2D eigenvalue weighted by atomic mass is 10.1. The first-order valence-corrected chi connectivity index (χ1v) is 7.64. The highest BCUT2D eigenvalue weighted by Gasteiger charge is 2.31. The number of nitrogens with two attached hydrogens (primary N) is 1. The number of primary amides is 1. The van der Waals surface area contributed by atoms with Crippen LogP contribution in [0.1, 0.15) is 10.4 Å². The van der Waals surface area contributed by atoms with E-state index in [1.165, 1.54) is 4.90 Å². The molecule has 1 heterocycles. The topological polar surface area (TPSA) is 75.4 Å². The number of benzene rings is 1. The lowest BCUT2D eigenvalue weighted by molar-refractivity contribution is -0.122. The lowest BCUT2D eigenvalue weighted by Crippen LogP contribution is -2.58. The predicted molar refractivity (Wildman–Crippen MR) is 83.7 cm³/mol. The summed E-state index contributed by atoms with van der Waals surface area (Å²) in [5.41, 5.74) is 5.91. The SMILES string of the molecule is NC(=O)C1CNCCN1C(=O)c1cc(I)ccc1Br. The standard InChI is InChI=1S/C12H13BrIN3O2/c13-9-2-1-7(14)5-8(9)12(19)17-4-3-16-6-10(17)11(15)18/h1-2,5,10,16H,3-4,6H2,(H2,15,18). The molecule has 0 aromatic heterocycles. The molecule has 1 unspecified atom stereocenters. The van der Waals surface area contributed by atoms with Gasteiger partial charge in [-0.3, -0.25) is 9.59 Å². The maximum absolute atomic E-state index is 12.5. The van der Waals surface area contributed by atoms with E-state index in [2.05, 4.69) is 43.8 Å². The van der Waals surface area contributed by atoms with Gasteiger partial charge in [0.05, 0.1) is 5.56 Å². The molecule has 5 nitrogen and oxygen atoms in total. The fraction of sp³-hybridized carbons (Fsp3) is 0.333. The van der Waals surface area contributed by atoms with Crippen LogP contribution in [0.5, 0.6) is 0 Å². The first-order valence-electron chi connectivity index (χ1n) is 5.76. The molecule has 0 saturated carbocycles. The number of hydrogen-bond acceptors (Lipinski definition) is 3. The molecule has 1 aromatic rings. The van der Waals surface area contributed by atoms with Gasteiger partial charge in [0.25, 0.3) is 5.91 Å². The first kappa shape index (κ1) is 14.7. The van der Waals surface area contributed by atoms with Crippen LogP contribution in [0.2, 0.25) is 0 Å². The zero-order chi connectivity index (χ0) is 14.0. The summed E-state index contributed by atoms with van der Waals surface area (Å²) in [6, 6.07) is 4.94. The number of nitrogens with one attached hydrogen (secondary N) is 1. The zero-order valence-electron chi connectivity index (χ0n) is 10.0. The summed E-state index contributed by atoms with van der Waals surface area (Å²) in [4.78, 5) is 25.5. The van der Waals surface area contributed by atoms with Crippen molar-refractivity contribution in [3.05, 3.63) is 31.8 Å². The Morgan fingerprint density at radius 1 is 1.47 bits per heavy atom. The van der Waals surface area contributed by atoms with Gasteiger partial charge in [0.15, 0.2) is 0 Å². The maximum atomic E-state index is 12.5. The summed E-state index contributed by atoms with van der Waals surface area (Å²) in [5.74, 6) is -0.655. The Kier molecular flexibility index (Phi) is 4.80. The van der Waals surface area contributed by atoms with Crippen LogP contribution < -0.4 is 11.1 Å². The minimum Gasteiger partial charge on any atom is -0.368 e. The summed E-state index contributed by atoms with van der Waals surface area (Å²) in [7, 11) is 0. The summed E-state index contributed by atoms with van der Waals surface area (Å²) < 4.78 is 1.69. The van der Waals surface area contributed by atoms with Gasteiger partial charge in [0.2, 0.25) is 5.91 Å². The van der Waals surface area contributed by atoms with Gasteiger partial charge in [-0.2, -0.15) is 0 Å². The minimum atomic E-state index is -0.592. The molecule has 1 saturated heterocycles. The molecule has 2 amide bonds. The summed E-state index contributed by atoms with van der Waals surface area (Å²) >= 11 is 5.52. The molecule has 0 bridgehead atoms. The highest BCUT2D eigenvalue weighted by molar-refractivity contribution is 14.1. The second-order valence-electron chi connectivity index (χ2n) is 4.25. The minimum absolute atomic E-state index is 0.171. The van der Waals surface area contributed by atoms with Crippen molar-refractivity contribution in [1.29, 1.82) is 0 Å². The van der Waals surface area contributed by atoms with E-state index in [1.54, 1.807) is 6.07 Å². The molecule has 0 spiro atoms. The van der Waals surface area contributed by atoms with E-state index in [0.717, 1.165) is 8.04 Å². The van der Waals surface area contributed by atoms with E-state index in [-0.39, 0.29) is 5.91 Å². The van der Waals surface area contributed by atoms with Crippen molar-refractivity contribution < 1.29 is 9.59 Å². The largest absolute Gasteiger partial charge is 0.368 e. The van der Waals surface area contributed by atoms with Crippen LogP contribution in [0.15, 0.2) is 22.7 Å². The molecule has 0 radical (unpaired) electrons. The van der Waals surface area contributed by atoms with Crippen molar-refractivity contribution in [2.75, 3.05) is 19.6 Å². The molecule has 19 heavy (non-hydrogen) atoms. The van der Waals surface area contributed by atoms with Crippen LogP contribution in [0.3, 0.4) is 0 Å². The highest BCUT2D eigenvalue weighted by Crippen LogP contribution is 2.22. The van der Waals surface area contributed by atoms with Crippen molar-refractivity contribution in [2.24, 2.45) is 5.73 Å². The second-order valence-corrected chi connectivity index (χ2v) is 6.34. The van der Waals surface area contributed by atoms with Gasteiger partial charge in [-0.1, -0.05) is 0 Å². The summed E-state index contributed by atoms with van der Waals surface area (Å²) in [6.45, 7) is 1.55. The summed E-state index contributed by atoms with van der Waals surface area (Å²) in [5, 5.41) is 3.07. The molecule has 102 valence electrons. The Hall–Kier alpha value is -0.670. The van der Waals surface area contributed by atoms with Crippen molar-refractivity contribution in [3.8, 4) is 0 Å². The Balaban J connectivity index is 2.31. The van der Waals surface area contributed by atoms with Crippen molar-refractivity contribution in [3.63, 3.8) is 0 Å². The normalized spacial score (nSPS) is 19.3. The van der Waals surface area contributed by atoms with Gasteiger partial charge in [-0.05, 0) is 56.7 Å². The molecule has 1 aliphatic heterocycles. The second kappa shape index (κ2) is 6.19. The van der Waals surface area contributed by atoms with E-state index in [0.29, 0.717) is 25.2 Å². The average molecular weight is 438 g/mol. The van der Waals surface area contributed by atoms with E-state index in [9.17, 15) is 9.59 Å². The number of rotatable bonds is 2.